The zero-order valence-corrected chi connectivity index (χ0v) is 12.5. The van der Waals surface area contributed by atoms with Crippen molar-refractivity contribution in [2.45, 2.75) is 13.3 Å². The average molecular weight is 293 g/mol. The number of hydrogen-bond donors (Lipinski definition) is 1. The molecule has 0 aliphatic rings. The van der Waals surface area contributed by atoms with Gasteiger partial charge < -0.3 is 4.98 Å². The minimum atomic E-state index is 0.585. The lowest BCUT2D eigenvalue weighted by Crippen LogP contribution is -1.96. The van der Waals surface area contributed by atoms with Gasteiger partial charge in [-0.1, -0.05) is 49.5 Å². The highest BCUT2D eigenvalue weighted by atomic mass is 32.1. The first-order valence-corrected chi connectivity index (χ1v) is 7.29. The third kappa shape index (κ3) is 2.90. The molecule has 4 heteroatoms. The first-order valence-electron chi connectivity index (χ1n) is 6.88. The second-order valence-electron chi connectivity index (χ2n) is 4.73. The summed E-state index contributed by atoms with van der Waals surface area (Å²) in [5.41, 5.74) is 4.28. The SMILES string of the molecule is CCc1cnccc1-c1nc(=S)cc(-c2ccccc2)[nH]1. The van der Waals surface area contributed by atoms with Gasteiger partial charge in [-0.15, -0.1) is 0 Å². The molecule has 1 aromatic carbocycles. The Kier molecular flexibility index (Phi) is 3.88. The number of aromatic amines is 1. The van der Waals surface area contributed by atoms with Gasteiger partial charge >= 0.3 is 0 Å². The van der Waals surface area contributed by atoms with E-state index in [0.717, 1.165) is 34.6 Å². The van der Waals surface area contributed by atoms with Gasteiger partial charge in [0.15, 0.2) is 0 Å². The summed E-state index contributed by atoms with van der Waals surface area (Å²) in [7, 11) is 0. The lowest BCUT2D eigenvalue weighted by atomic mass is 10.1. The molecule has 0 bridgehead atoms. The Bertz CT molecular complexity index is 810. The van der Waals surface area contributed by atoms with E-state index in [1.807, 2.05) is 36.5 Å². The van der Waals surface area contributed by atoms with Crippen LogP contribution in [-0.4, -0.2) is 15.0 Å². The molecule has 0 saturated carbocycles. The summed E-state index contributed by atoms with van der Waals surface area (Å²) in [6.45, 7) is 2.11. The highest BCUT2D eigenvalue weighted by molar-refractivity contribution is 7.71. The largest absolute Gasteiger partial charge is 0.339 e. The van der Waals surface area contributed by atoms with Gasteiger partial charge in [0.2, 0.25) is 0 Å². The van der Waals surface area contributed by atoms with Gasteiger partial charge in [-0.25, -0.2) is 4.98 Å². The zero-order chi connectivity index (χ0) is 14.7. The number of rotatable bonds is 3. The molecule has 104 valence electrons. The number of hydrogen-bond acceptors (Lipinski definition) is 3. The number of nitrogens with one attached hydrogen (secondary N) is 1. The van der Waals surface area contributed by atoms with Gasteiger partial charge in [-0.2, -0.15) is 0 Å². The second kappa shape index (κ2) is 5.97. The molecule has 0 spiro atoms. The fraction of sp³-hybridized carbons (Fsp3) is 0.118. The molecule has 0 aliphatic heterocycles. The number of aromatic nitrogens is 3. The van der Waals surface area contributed by atoms with E-state index in [1.165, 1.54) is 0 Å². The number of pyridine rings is 1. The van der Waals surface area contributed by atoms with E-state index in [0.29, 0.717) is 4.64 Å². The number of nitrogens with zero attached hydrogens (tertiary/aromatic N) is 2. The molecule has 3 aromatic rings. The van der Waals surface area contributed by atoms with E-state index in [9.17, 15) is 0 Å². The second-order valence-corrected chi connectivity index (χ2v) is 5.15. The summed E-state index contributed by atoms with van der Waals surface area (Å²) >= 11 is 5.32. The molecule has 0 saturated heterocycles. The Morgan fingerprint density at radius 1 is 1.14 bits per heavy atom. The predicted octanol–water partition coefficient (Wildman–Crippen LogP) is 4.43. The topological polar surface area (TPSA) is 41.6 Å². The van der Waals surface area contributed by atoms with Gasteiger partial charge in [0, 0.05) is 23.7 Å². The van der Waals surface area contributed by atoms with Crippen molar-refractivity contribution in [3.05, 3.63) is 65.1 Å². The van der Waals surface area contributed by atoms with Crippen molar-refractivity contribution in [3.8, 4) is 22.6 Å². The Hall–Kier alpha value is -2.33. The van der Waals surface area contributed by atoms with Crippen molar-refractivity contribution < 1.29 is 0 Å². The molecule has 0 aliphatic carbocycles. The molecule has 0 amide bonds. The minimum Gasteiger partial charge on any atom is -0.339 e. The zero-order valence-electron chi connectivity index (χ0n) is 11.7. The van der Waals surface area contributed by atoms with Crippen molar-refractivity contribution >= 4 is 12.2 Å². The van der Waals surface area contributed by atoms with Crippen LogP contribution in [0.4, 0.5) is 0 Å². The molecule has 2 heterocycles. The third-order valence-corrected chi connectivity index (χ3v) is 3.58. The van der Waals surface area contributed by atoms with Crippen molar-refractivity contribution in [1.29, 1.82) is 0 Å². The standard InChI is InChI=1S/C17H15N3S/c1-2-12-11-18-9-8-14(12)17-19-15(10-16(21)20-17)13-6-4-3-5-7-13/h3-11H,2H2,1H3,(H,19,20,21). The maximum Gasteiger partial charge on any atom is 0.139 e. The molecule has 0 fully saturated rings. The van der Waals surface area contributed by atoms with Crippen LogP contribution < -0.4 is 0 Å². The fourth-order valence-electron chi connectivity index (χ4n) is 2.30. The third-order valence-electron chi connectivity index (χ3n) is 3.37. The van der Waals surface area contributed by atoms with Crippen LogP contribution in [0.5, 0.6) is 0 Å². The molecule has 0 radical (unpaired) electrons. The first kappa shape index (κ1) is 13.6. The van der Waals surface area contributed by atoms with E-state index >= 15 is 0 Å². The Labute approximate surface area is 128 Å². The Morgan fingerprint density at radius 3 is 2.71 bits per heavy atom. The lowest BCUT2D eigenvalue weighted by molar-refractivity contribution is 1.08. The molecule has 21 heavy (non-hydrogen) atoms. The molecular formula is C17H15N3S. The predicted molar refractivity (Wildman–Crippen MR) is 87.5 cm³/mol. The highest BCUT2D eigenvalue weighted by Gasteiger charge is 2.08. The van der Waals surface area contributed by atoms with Crippen molar-refractivity contribution in [2.75, 3.05) is 0 Å². The van der Waals surface area contributed by atoms with Crippen LogP contribution in [0.25, 0.3) is 22.6 Å². The van der Waals surface area contributed by atoms with E-state index in [4.69, 9.17) is 12.2 Å². The minimum absolute atomic E-state index is 0.585. The Balaban J connectivity index is 2.17. The number of H-pyrrole nitrogens is 1. The van der Waals surface area contributed by atoms with Gasteiger partial charge in [0.05, 0.1) is 0 Å². The van der Waals surface area contributed by atoms with Crippen molar-refractivity contribution in [3.63, 3.8) is 0 Å². The van der Waals surface area contributed by atoms with Crippen molar-refractivity contribution in [1.82, 2.24) is 15.0 Å². The highest BCUT2D eigenvalue weighted by Crippen LogP contribution is 2.23. The summed E-state index contributed by atoms with van der Waals surface area (Å²) in [6.07, 6.45) is 4.56. The van der Waals surface area contributed by atoms with Gasteiger partial charge in [0.1, 0.15) is 10.5 Å². The lowest BCUT2D eigenvalue weighted by Gasteiger charge is -2.09. The Morgan fingerprint density at radius 2 is 1.95 bits per heavy atom. The fourth-order valence-corrected chi connectivity index (χ4v) is 2.51. The molecule has 1 N–H and O–H groups in total. The van der Waals surface area contributed by atoms with Gasteiger partial charge in [-0.3, -0.25) is 4.98 Å². The normalized spacial score (nSPS) is 10.5. The molecule has 3 rings (SSSR count). The van der Waals surface area contributed by atoms with E-state index in [-0.39, 0.29) is 0 Å². The molecule has 0 unspecified atom stereocenters. The number of aryl methyl sites for hydroxylation is 1. The molecule has 0 atom stereocenters. The molecular weight excluding hydrogens is 278 g/mol. The van der Waals surface area contributed by atoms with Crippen LogP contribution in [0.3, 0.4) is 0 Å². The van der Waals surface area contributed by atoms with E-state index < -0.39 is 0 Å². The summed E-state index contributed by atoms with van der Waals surface area (Å²) < 4.78 is 0.585. The summed E-state index contributed by atoms with van der Waals surface area (Å²) in [5, 5.41) is 0. The van der Waals surface area contributed by atoms with Crippen LogP contribution in [0.2, 0.25) is 0 Å². The van der Waals surface area contributed by atoms with Crippen LogP contribution in [-0.2, 0) is 6.42 Å². The van der Waals surface area contributed by atoms with Crippen molar-refractivity contribution in [2.24, 2.45) is 0 Å². The molecule has 2 aromatic heterocycles. The summed E-state index contributed by atoms with van der Waals surface area (Å²) in [4.78, 5) is 12.0. The van der Waals surface area contributed by atoms with Crippen LogP contribution in [0.1, 0.15) is 12.5 Å². The first-order chi connectivity index (χ1) is 10.3. The monoisotopic (exact) mass is 293 g/mol. The van der Waals surface area contributed by atoms with Crippen LogP contribution in [0, 0.1) is 4.64 Å². The quantitative estimate of drug-likeness (QED) is 0.726. The van der Waals surface area contributed by atoms with Gasteiger partial charge in [0.25, 0.3) is 0 Å². The van der Waals surface area contributed by atoms with E-state index in [2.05, 4.69) is 34.0 Å². The van der Waals surface area contributed by atoms with E-state index in [1.54, 1.807) is 6.20 Å². The molecule has 3 nitrogen and oxygen atoms in total. The summed E-state index contributed by atoms with van der Waals surface area (Å²) in [5.74, 6) is 0.792. The average Bonchev–Trinajstić information content (AvgIpc) is 2.55. The maximum absolute atomic E-state index is 5.32. The summed E-state index contributed by atoms with van der Waals surface area (Å²) in [6, 6.07) is 14.0. The smallest absolute Gasteiger partial charge is 0.139 e. The number of benzene rings is 1. The maximum atomic E-state index is 5.32. The van der Waals surface area contributed by atoms with Crippen LogP contribution in [0.15, 0.2) is 54.9 Å². The van der Waals surface area contributed by atoms with Gasteiger partial charge in [-0.05, 0) is 29.7 Å². The van der Waals surface area contributed by atoms with Crippen LogP contribution >= 0.6 is 12.2 Å².